The first kappa shape index (κ1) is 24.6. The molecule has 0 unspecified atom stereocenters. The molecule has 1 aromatic heterocycles. The monoisotopic (exact) mass is 438 g/mol. The van der Waals surface area contributed by atoms with E-state index in [4.69, 9.17) is 4.42 Å². The van der Waals surface area contributed by atoms with Gasteiger partial charge >= 0.3 is 0 Å². The number of rotatable bonds is 9. The van der Waals surface area contributed by atoms with Gasteiger partial charge in [-0.15, -0.1) is 0 Å². The van der Waals surface area contributed by atoms with E-state index in [9.17, 15) is 4.79 Å². The van der Waals surface area contributed by atoms with Crippen LogP contribution in [0.3, 0.4) is 0 Å². The Kier molecular flexibility index (Phi) is 7.54. The van der Waals surface area contributed by atoms with Gasteiger partial charge in [0.25, 0.3) is 5.91 Å². The Morgan fingerprint density at radius 1 is 1.03 bits per heavy atom. The first-order valence-corrected chi connectivity index (χ1v) is 12.3. The second kappa shape index (κ2) is 9.82. The van der Waals surface area contributed by atoms with Crippen molar-refractivity contribution in [3.05, 3.63) is 58.0 Å². The maximum Gasteiger partial charge on any atom is 0.286 e. The minimum atomic E-state index is -0.124. The Balaban J connectivity index is 1.67. The third-order valence-electron chi connectivity index (χ3n) is 7.39. The van der Waals surface area contributed by atoms with E-state index in [1.807, 2.05) is 6.07 Å². The van der Waals surface area contributed by atoms with E-state index in [1.165, 1.54) is 35.1 Å². The number of hydrogen-bond acceptors (Lipinski definition) is 3. The fourth-order valence-electron chi connectivity index (χ4n) is 4.87. The maximum atomic E-state index is 12.5. The van der Waals surface area contributed by atoms with Crippen LogP contribution in [-0.4, -0.2) is 37.0 Å². The van der Waals surface area contributed by atoms with E-state index in [0.29, 0.717) is 18.7 Å². The Bertz CT molecular complexity index is 935. The van der Waals surface area contributed by atoms with Crippen LogP contribution in [0.5, 0.6) is 0 Å². The van der Waals surface area contributed by atoms with Gasteiger partial charge in [0.2, 0.25) is 0 Å². The molecule has 176 valence electrons. The first-order valence-electron chi connectivity index (χ1n) is 12.3. The van der Waals surface area contributed by atoms with Crippen LogP contribution in [0.4, 0.5) is 0 Å². The van der Waals surface area contributed by atoms with Crippen LogP contribution in [0.25, 0.3) is 0 Å². The molecule has 1 aliphatic carbocycles. The number of nitrogens with one attached hydrogen (secondary N) is 1. The normalized spacial score (nSPS) is 16.8. The summed E-state index contributed by atoms with van der Waals surface area (Å²) >= 11 is 0. The van der Waals surface area contributed by atoms with Crippen LogP contribution in [-0.2, 0) is 17.3 Å². The van der Waals surface area contributed by atoms with Crippen LogP contribution in [0.15, 0.2) is 28.7 Å². The number of aryl methyl sites for hydroxylation is 1. The number of furan rings is 1. The largest absolute Gasteiger partial charge is 0.456 e. The molecule has 1 amide bonds. The number of fused-ring (bicyclic) bond motifs is 1. The molecule has 1 N–H and O–H groups in total. The predicted octanol–water partition coefficient (Wildman–Crippen LogP) is 5.99. The molecule has 1 aromatic carbocycles. The van der Waals surface area contributed by atoms with Crippen molar-refractivity contribution in [2.75, 3.05) is 26.2 Å². The van der Waals surface area contributed by atoms with Crippen molar-refractivity contribution < 1.29 is 9.21 Å². The number of carbonyl (C=O) groups is 1. The van der Waals surface area contributed by atoms with Crippen LogP contribution < -0.4 is 5.32 Å². The Labute approximate surface area is 194 Å². The van der Waals surface area contributed by atoms with Gasteiger partial charge in [0.15, 0.2) is 5.76 Å². The molecule has 0 atom stereocenters. The predicted molar refractivity (Wildman–Crippen MR) is 133 cm³/mol. The van der Waals surface area contributed by atoms with Gasteiger partial charge in [0.1, 0.15) is 5.76 Å². The number of hydrogen-bond donors (Lipinski definition) is 1. The molecule has 3 rings (SSSR count). The SMILES string of the molecule is CCN(CC)CCCNC(=O)c1ccc(Cc2cc3c(cc2C)C(C)(C)CCC3(C)C)o1. The van der Waals surface area contributed by atoms with Crippen molar-refractivity contribution >= 4 is 5.91 Å². The zero-order chi connectivity index (χ0) is 23.5. The van der Waals surface area contributed by atoms with Crippen molar-refractivity contribution in [3.63, 3.8) is 0 Å². The highest BCUT2D eigenvalue weighted by Crippen LogP contribution is 2.46. The van der Waals surface area contributed by atoms with Crippen LogP contribution >= 0.6 is 0 Å². The van der Waals surface area contributed by atoms with Gasteiger partial charge < -0.3 is 14.6 Å². The van der Waals surface area contributed by atoms with Gasteiger partial charge in [-0.05, 0) is 91.0 Å². The quantitative estimate of drug-likeness (QED) is 0.489. The summed E-state index contributed by atoms with van der Waals surface area (Å²) in [5.74, 6) is 1.12. The van der Waals surface area contributed by atoms with E-state index in [2.05, 4.69) is 70.8 Å². The van der Waals surface area contributed by atoms with Gasteiger partial charge in [-0.2, -0.15) is 0 Å². The second-order valence-corrected chi connectivity index (χ2v) is 10.7. The molecule has 0 saturated heterocycles. The summed E-state index contributed by atoms with van der Waals surface area (Å²) in [6.07, 6.45) is 4.08. The van der Waals surface area contributed by atoms with Gasteiger partial charge in [-0.25, -0.2) is 0 Å². The van der Waals surface area contributed by atoms with E-state index in [-0.39, 0.29) is 16.7 Å². The lowest BCUT2D eigenvalue weighted by Gasteiger charge is -2.42. The molecule has 2 aromatic rings. The summed E-state index contributed by atoms with van der Waals surface area (Å²) in [7, 11) is 0. The summed E-state index contributed by atoms with van der Waals surface area (Å²) in [5.41, 5.74) is 5.94. The zero-order valence-electron chi connectivity index (χ0n) is 21.2. The van der Waals surface area contributed by atoms with Gasteiger partial charge in [0.05, 0.1) is 0 Å². The fourth-order valence-corrected chi connectivity index (χ4v) is 4.87. The Hall–Kier alpha value is -2.07. The molecular formula is C28H42N2O2. The third kappa shape index (κ3) is 5.46. The maximum absolute atomic E-state index is 12.5. The molecule has 0 saturated carbocycles. The van der Waals surface area contributed by atoms with Gasteiger partial charge in [-0.1, -0.05) is 53.7 Å². The molecular weight excluding hydrogens is 396 g/mol. The molecule has 0 aliphatic heterocycles. The molecule has 0 radical (unpaired) electrons. The molecule has 4 heteroatoms. The van der Waals surface area contributed by atoms with Crippen LogP contribution in [0.1, 0.15) is 99.4 Å². The van der Waals surface area contributed by atoms with Crippen molar-refractivity contribution in [1.29, 1.82) is 0 Å². The minimum Gasteiger partial charge on any atom is -0.456 e. The van der Waals surface area contributed by atoms with E-state index in [0.717, 1.165) is 31.8 Å². The van der Waals surface area contributed by atoms with Crippen LogP contribution in [0.2, 0.25) is 0 Å². The average molecular weight is 439 g/mol. The molecule has 0 fully saturated rings. The summed E-state index contributed by atoms with van der Waals surface area (Å²) < 4.78 is 5.94. The second-order valence-electron chi connectivity index (χ2n) is 10.7. The van der Waals surface area contributed by atoms with E-state index in [1.54, 1.807) is 6.07 Å². The smallest absolute Gasteiger partial charge is 0.286 e. The summed E-state index contributed by atoms with van der Waals surface area (Å²) in [6.45, 7) is 19.7. The standard InChI is InChI=1S/C28H42N2O2/c1-8-30(9-2)16-10-15-29-26(31)25-12-11-22(32-25)18-21-19-24-23(17-20(21)3)27(4,5)13-14-28(24,6)7/h11-12,17,19H,8-10,13-16,18H2,1-7H3,(H,29,31). The first-order chi connectivity index (χ1) is 15.1. The molecule has 1 aliphatic rings. The Morgan fingerprint density at radius 2 is 1.66 bits per heavy atom. The highest BCUT2D eigenvalue weighted by Gasteiger charge is 2.37. The number of benzene rings is 1. The van der Waals surface area contributed by atoms with Crippen molar-refractivity contribution in [3.8, 4) is 0 Å². The average Bonchev–Trinajstić information content (AvgIpc) is 3.21. The lowest BCUT2D eigenvalue weighted by molar-refractivity contribution is 0.0922. The zero-order valence-corrected chi connectivity index (χ0v) is 21.2. The highest BCUT2D eigenvalue weighted by atomic mass is 16.3. The molecule has 4 nitrogen and oxygen atoms in total. The third-order valence-corrected chi connectivity index (χ3v) is 7.39. The highest BCUT2D eigenvalue weighted by molar-refractivity contribution is 5.91. The minimum absolute atomic E-state index is 0.124. The summed E-state index contributed by atoms with van der Waals surface area (Å²) in [6, 6.07) is 8.52. The molecule has 0 spiro atoms. The summed E-state index contributed by atoms with van der Waals surface area (Å²) in [4.78, 5) is 14.9. The van der Waals surface area contributed by atoms with Crippen molar-refractivity contribution in [2.24, 2.45) is 0 Å². The molecule has 1 heterocycles. The topological polar surface area (TPSA) is 45.5 Å². The number of nitrogens with zero attached hydrogens (tertiary/aromatic N) is 1. The summed E-state index contributed by atoms with van der Waals surface area (Å²) in [5, 5.41) is 2.99. The molecule has 32 heavy (non-hydrogen) atoms. The number of carbonyl (C=O) groups excluding carboxylic acids is 1. The fraction of sp³-hybridized carbons (Fsp3) is 0.607. The lowest BCUT2D eigenvalue weighted by Crippen LogP contribution is -2.34. The van der Waals surface area contributed by atoms with Crippen molar-refractivity contribution in [2.45, 2.75) is 85.0 Å². The Morgan fingerprint density at radius 3 is 2.28 bits per heavy atom. The van der Waals surface area contributed by atoms with Crippen LogP contribution in [0, 0.1) is 6.92 Å². The number of amides is 1. The van der Waals surface area contributed by atoms with Crippen molar-refractivity contribution in [1.82, 2.24) is 10.2 Å². The lowest BCUT2D eigenvalue weighted by atomic mass is 9.62. The molecule has 0 bridgehead atoms. The van der Waals surface area contributed by atoms with E-state index >= 15 is 0 Å². The van der Waals surface area contributed by atoms with Gasteiger partial charge in [0, 0.05) is 13.0 Å². The van der Waals surface area contributed by atoms with Gasteiger partial charge in [-0.3, -0.25) is 4.79 Å². The van der Waals surface area contributed by atoms with E-state index < -0.39 is 0 Å².